The number of thiazole rings is 1. The summed E-state index contributed by atoms with van der Waals surface area (Å²) < 4.78 is 5.37. The highest BCUT2D eigenvalue weighted by Crippen LogP contribution is 2.28. The zero-order valence-electron chi connectivity index (χ0n) is 16.3. The molecule has 1 aromatic rings. The van der Waals surface area contributed by atoms with Gasteiger partial charge in [0.15, 0.2) is 5.13 Å². The van der Waals surface area contributed by atoms with Crippen LogP contribution in [0.2, 0.25) is 0 Å². The summed E-state index contributed by atoms with van der Waals surface area (Å²) in [5.74, 6) is 0.0678. The largest absolute Gasteiger partial charge is 0.379 e. The summed E-state index contributed by atoms with van der Waals surface area (Å²) in [5, 5.41) is 3.46. The number of anilines is 1. The second-order valence-electron chi connectivity index (χ2n) is 7.40. The number of aromatic nitrogens is 1. The molecule has 2 heterocycles. The number of nitrogens with zero attached hydrogens (tertiary/aromatic N) is 3. The zero-order chi connectivity index (χ0) is 19.2. The molecule has 0 atom stereocenters. The Hall–Kier alpha value is -1.51. The van der Waals surface area contributed by atoms with Crippen LogP contribution in [0.1, 0.15) is 36.3 Å². The molecule has 1 aliphatic heterocycles. The van der Waals surface area contributed by atoms with Gasteiger partial charge in [-0.05, 0) is 33.1 Å². The number of amides is 2. The first-order valence-corrected chi connectivity index (χ1v) is 10.7. The highest BCUT2D eigenvalue weighted by molar-refractivity contribution is 7.15. The lowest BCUT2D eigenvalue weighted by atomic mass is 9.84. The Kier molecular flexibility index (Phi) is 7.20. The van der Waals surface area contributed by atoms with E-state index in [-0.39, 0.29) is 24.3 Å². The number of nitrogens with one attached hydrogen (secondary N) is 1. The Morgan fingerprint density at radius 1 is 1.30 bits per heavy atom. The number of morpholine rings is 1. The molecular weight excluding hydrogens is 364 g/mol. The maximum Gasteiger partial charge on any atom is 0.245 e. The highest BCUT2D eigenvalue weighted by Gasteiger charge is 2.30. The van der Waals surface area contributed by atoms with Gasteiger partial charge in [0, 0.05) is 37.0 Å². The predicted octanol–water partition coefficient (Wildman–Crippen LogP) is 2.05. The maximum absolute atomic E-state index is 12.8. The fraction of sp³-hybridized carbons (Fsp3) is 0.737. The summed E-state index contributed by atoms with van der Waals surface area (Å²) in [6.07, 6.45) is 3.89. The van der Waals surface area contributed by atoms with Crippen molar-refractivity contribution in [2.24, 2.45) is 5.92 Å². The number of hydrogen-bond donors (Lipinski definition) is 1. The fourth-order valence-electron chi connectivity index (χ4n) is 3.35. The number of carbonyl (C=O) groups is 2. The van der Waals surface area contributed by atoms with Crippen LogP contribution in [0.5, 0.6) is 0 Å². The average Bonchev–Trinajstić information content (AvgIpc) is 2.90. The lowest BCUT2D eigenvalue weighted by molar-refractivity contribution is -0.140. The smallest absolute Gasteiger partial charge is 0.245 e. The number of carbonyl (C=O) groups excluding carboxylic acids is 2. The molecule has 1 aliphatic carbocycles. The molecule has 1 saturated heterocycles. The highest BCUT2D eigenvalue weighted by atomic mass is 32.1. The van der Waals surface area contributed by atoms with Gasteiger partial charge in [-0.15, -0.1) is 11.3 Å². The molecule has 2 fully saturated rings. The Labute approximate surface area is 165 Å². The lowest BCUT2D eigenvalue weighted by Crippen LogP contribution is -2.45. The van der Waals surface area contributed by atoms with Crippen LogP contribution in [0.25, 0.3) is 0 Å². The molecule has 1 saturated carbocycles. The molecule has 0 unspecified atom stereocenters. The number of rotatable bonds is 8. The topological polar surface area (TPSA) is 74.8 Å². The van der Waals surface area contributed by atoms with E-state index < -0.39 is 0 Å². The Bertz CT molecular complexity index is 634. The van der Waals surface area contributed by atoms with Gasteiger partial charge in [0.25, 0.3) is 0 Å². The Balaban J connectivity index is 1.52. The fourth-order valence-corrected chi connectivity index (χ4v) is 4.18. The van der Waals surface area contributed by atoms with Crippen molar-refractivity contribution in [2.75, 3.05) is 51.3 Å². The third kappa shape index (κ3) is 5.73. The third-order valence-electron chi connectivity index (χ3n) is 5.38. The number of ether oxygens (including phenoxy) is 1. The molecule has 0 bridgehead atoms. The molecule has 1 N–H and O–H groups in total. The number of hydrogen-bond acceptors (Lipinski definition) is 6. The van der Waals surface area contributed by atoms with Crippen LogP contribution in [0.3, 0.4) is 0 Å². The van der Waals surface area contributed by atoms with Crippen LogP contribution in [-0.2, 0) is 14.3 Å². The van der Waals surface area contributed by atoms with E-state index in [4.69, 9.17) is 4.74 Å². The first-order chi connectivity index (χ1) is 13.0. The van der Waals surface area contributed by atoms with Crippen LogP contribution in [0.15, 0.2) is 0 Å². The predicted molar refractivity (Wildman–Crippen MR) is 106 cm³/mol. The molecular formula is C19H30N4O3S. The maximum atomic E-state index is 12.8. The summed E-state index contributed by atoms with van der Waals surface area (Å²) in [7, 11) is 0. The van der Waals surface area contributed by atoms with Crippen LogP contribution in [0.4, 0.5) is 5.13 Å². The molecule has 0 radical (unpaired) electrons. The molecule has 0 aromatic carbocycles. The lowest BCUT2D eigenvalue weighted by Gasteiger charge is -2.32. The van der Waals surface area contributed by atoms with Gasteiger partial charge < -0.3 is 15.0 Å². The van der Waals surface area contributed by atoms with Crippen LogP contribution >= 0.6 is 11.3 Å². The second kappa shape index (κ2) is 9.61. The van der Waals surface area contributed by atoms with E-state index in [9.17, 15) is 9.59 Å². The van der Waals surface area contributed by atoms with Crippen molar-refractivity contribution in [3.8, 4) is 0 Å². The van der Waals surface area contributed by atoms with Crippen LogP contribution in [0, 0.1) is 19.8 Å². The summed E-state index contributed by atoms with van der Waals surface area (Å²) in [5.41, 5.74) is 0.934. The van der Waals surface area contributed by atoms with Crippen LogP contribution in [-0.4, -0.2) is 72.5 Å². The van der Waals surface area contributed by atoms with Gasteiger partial charge in [-0.1, -0.05) is 6.42 Å². The summed E-state index contributed by atoms with van der Waals surface area (Å²) in [4.78, 5) is 34.8. The minimum Gasteiger partial charge on any atom is -0.379 e. The number of aryl methyl sites for hydroxylation is 2. The van der Waals surface area contributed by atoms with E-state index in [2.05, 4.69) is 15.2 Å². The van der Waals surface area contributed by atoms with Gasteiger partial charge in [0.2, 0.25) is 11.8 Å². The van der Waals surface area contributed by atoms with E-state index in [1.807, 2.05) is 13.8 Å². The van der Waals surface area contributed by atoms with Crippen molar-refractivity contribution in [1.29, 1.82) is 0 Å². The van der Waals surface area contributed by atoms with Crippen molar-refractivity contribution < 1.29 is 14.3 Å². The van der Waals surface area contributed by atoms with Crippen molar-refractivity contribution in [1.82, 2.24) is 14.8 Å². The molecule has 8 heteroatoms. The van der Waals surface area contributed by atoms with E-state index in [1.165, 1.54) is 11.3 Å². The minimum atomic E-state index is -0.164. The average molecular weight is 395 g/mol. The zero-order valence-corrected chi connectivity index (χ0v) is 17.1. The first-order valence-electron chi connectivity index (χ1n) is 9.85. The normalized spacial score (nSPS) is 18.1. The van der Waals surface area contributed by atoms with E-state index >= 15 is 0 Å². The Morgan fingerprint density at radius 3 is 2.63 bits per heavy atom. The van der Waals surface area contributed by atoms with Crippen molar-refractivity contribution in [3.63, 3.8) is 0 Å². The molecule has 7 nitrogen and oxygen atoms in total. The van der Waals surface area contributed by atoms with Crippen molar-refractivity contribution in [2.45, 2.75) is 39.5 Å². The summed E-state index contributed by atoms with van der Waals surface area (Å²) in [6, 6.07) is 0. The molecule has 0 spiro atoms. The first kappa shape index (κ1) is 20.2. The van der Waals surface area contributed by atoms with E-state index in [1.54, 1.807) is 4.90 Å². The van der Waals surface area contributed by atoms with Crippen molar-refractivity contribution in [3.05, 3.63) is 10.6 Å². The molecule has 150 valence electrons. The van der Waals surface area contributed by atoms with Crippen molar-refractivity contribution >= 4 is 28.3 Å². The summed E-state index contributed by atoms with van der Waals surface area (Å²) in [6.45, 7) is 9.02. The molecule has 2 amide bonds. The quantitative estimate of drug-likeness (QED) is 0.730. The van der Waals surface area contributed by atoms with Gasteiger partial charge in [-0.3, -0.25) is 14.5 Å². The SMILES string of the molecule is Cc1nc(NC(=O)CN(CCCN2CCOCC2)C(=O)C2CCC2)sc1C. The Morgan fingerprint density at radius 2 is 2.04 bits per heavy atom. The van der Waals surface area contributed by atoms with Gasteiger partial charge >= 0.3 is 0 Å². The molecule has 2 aliphatic rings. The monoisotopic (exact) mass is 394 g/mol. The van der Waals surface area contributed by atoms with Gasteiger partial charge in [-0.25, -0.2) is 4.98 Å². The van der Waals surface area contributed by atoms with Gasteiger partial charge in [0.05, 0.1) is 25.5 Å². The minimum absolute atomic E-state index is 0.102. The van der Waals surface area contributed by atoms with E-state index in [0.29, 0.717) is 11.7 Å². The molecule has 27 heavy (non-hydrogen) atoms. The molecule has 1 aromatic heterocycles. The summed E-state index contributed by atoms with van der Waals surface area (Å²) >= 11 is 1.47. The standard InChI is InChI=1S/C19H30N4O3S/c1-14-15(2)27-19(20-14)21-17(24)13-23(18(25)16-5-3-6-16)8-4-7-22-9-11-26-12-10-22/h16H,3-13H2,1-2H3,(H,20,21,24). The third-order valence-corrected chi connectivity index (χ3v) is 6.37. The second-order valence-corrected chi connectivity index (χ2v) is 8.61. The van der Waals surface area contributed by atoms with Gasteiger partial charge in [0.1, 0.15) is 0 Å². The van der Waals surface area contributed by atoms with Crippen LogP contribution < -0.4 is 5.32 Å². The van der Waals surface area contributed by atoms with E-state index in [0.717, 1.165) is 69.1 Å². The van der Waals surface area contributed by atoms with Gasteiger partial charge in [-0.2, -0.15) is 0 Å². The molecule has 3 rings (SSSR count).